The number of halogens is 2. The lowest BCUT2D eigenvalue weighted by Crippen LogP contribution is -2.30. The minimum Gasteiger partial charge on any atom is -0.481 e. The molecule has 110 valence electrons. The Labute approximate surface area is 132 Å². The molecule has 0 aliphatic heterocycles. The van der Waals surface area contributed by atoms with E-state index in [4.69, 9.17) is 33.7 Å². The monoisotopic (exact) mass is 324 g/mol. The zero-order valence-electron chi connectivity index (χ0n) is 11.3. The van der Waals surface area contributed by atoms with E-state index in [9.17, 15) is 4.79 Å². The summed E-state index contributed by atoms with van der Waals surface area (Å²) < 4.78 is 5.53. The maximum atomic E-state index is 12.1. The van der Waals surface area contributed by atoms with Crippen LogP contribution in [0.1, 0.15) is 6.92 Å². The summed E-state index contributed by atoms with van der Waals surface area (Å²) in [6.45, 7) is 1.63. The molecule has 0 bridgehead atoms. The van der Waals surface area contributed by atoms with Crippen LogP contribution in [0.15, 0.2) is 42.5 Å². The fraction of sp³-hybridized carbons (Fsp3) is 0.133. The van der Waals surface area contributed by atoms with Gasteiger partial charge in [-0.25, -0.2) is 0 Å². The first kappa shape index (κ1) is 15.5. The SMILES string of the molecule is CC(Oc1cc(Cl)cc(Cl)c1)C(=O)Nc1ccccc1N. The summed E-state index contributed by atoms with van der Waals surface area (Å²) in [7, 11) is 0. The van der Waals surface area contributed by atoms with Crippen LogP contribution in [0.25, 0.3) is 0 Å². The third kappa shape index (κ3) is 4.28. The largest absolute Gasteiger partial charge is 0.481 e. The van der Waals surface area contributed by atoms with Crippen LogP contribution in [0.5, 0.6) is 5.75 Å². The normalized spacial score (nSPS) is 11.8. The van der Waals surface area contributed by atoms with Crippen molar-refractivity contribution in [3.63, 3.8) is 0 Å². The molecule has 21 heavy (non-hydrogen) atoms. The van der Waals surface area contributed by atoms with Crippen molar-refractivity contribution in [2.45, 2.75) is 13.0 Å². The van der Waals surface area contributed by atoms with E-state index < -0.39 is 6.10 Å². The summed E-state index contributed by atoms with van der Waals surface area (Å²) in [5, 5.41) is 3.59. The Morgan fingerprint density at radius 2 is 1.81 bits per heavy atom. The Hall–Kier alpha value is -1.91. The molecule has 2 aromatic rings. The molecule has 3 N–H and O–H groups in total. The maximum absolute atomic E-state index is 12.1. The molecule has 0 saturated carbocycles. The number of nitrogen functional groups attached to an aromatic ring is 1. The Morgan fingerprint density at radius 3 is 2.43 bits per heavy atom. The molecule has 2 aromatic carbocycles. The van der Waals surface area contributed by atoms with Crippen molar-refractivity contribution in [2.24, 2.45) is 0 Å². The van der Waals surface area contributed by atoms with Gasteiger partial charge in [0, 0.05) is 10.0 Å². The number of carbonyl (C=O) groups excluding carboxylic acids is 1. The number of carbonyl (C=O) groups is 1. The van der Waals surface area contributed by atoms with E-state index in [1.54, 1.807) is 49.4 Å². The highest BCUT2D eigenvalue weighted by Crippen LogP contribution is 2.25. The number of anilines is 2. The summed E-state index contributed by atoms with van der Waals surface area (Å²) in [5.74, 6) is 0.111. The first-order chi connectivity index (χ1) is 9.95. The van der Waals surface area contributed by atoms with Gasteiger partial charge in [-0.2, -0.15) is 0 Å². The third-order valence-electron chi connectivity index (χ3n) is 2.74. The Balaban J connectivity index is 2.04. The molecule has 0 aliphatic carbocycles. The summed E-state index contributed by atoms with van der Waals surface area (Å²) in [5.41, 5.74) is 6.80. The van der Waals surface area contributed by atoms with Gasteiger partial charge >= 0.3 is 0 Å². The fourth-order valence-electron chi connectivity index (χ4n) is 1.70. The first-order valence-corrected chi connectivity index (χ1v) is 6.99. The Bertz CT molecular complexity index is 642. The third-order valence-corrected chi connectivity index (χ3v) is 3.17. The lowest BCUT2D eigenvalue weighted by molar-refractivity contribution is -0.122. The topological polar surface area (TPSA) is 64.3 Å². The predicted molar refractivity (Wildman–Crippen MR) is 86.0 cm³/mol. The number of amides is 1. The second kappa shape index (κ2) is 6.70. The molecular weight excluding hydrogens is 311 g/mol. The van der Waals surface area contributed by atoms with Crippen molar-refractivity contribution in [3.8, 4) is 5.75 Å². The van der Waals surface area contributed by atoms with Gasteiger partial charge < -0.3 is 15.8 Å². The van der Waals surface area contributed by atoms with Gasteiger partial charge in [-0.1, -0.05) is 35.3 Å². The van der Waals surface area contributed by atoms with Gasteiger partial charge in [0.05, 0.1) is 11.4 Å². The number of ether oxygens (including phenoxy) is 1. The van der Waals surface area contributed by atoms with Crippen molar-refractivity contribution in [1.82, 2.24) is 0 Å². The quantitative estimate of drug-likeness (QED) is 0.836. The number of para-hydroxylation sites is 2. The molecule has 4 nitrogen and oxygen atoms in total. The van der Waals surface area contributed by atoms with Crippen LogP contribution in [0.2, 0.25) is 10.0 Å². The second-order valence-electron chi connectivity index (χ2n) is 4.44. The number of benzene rings is 2. The molecule has 0 aliphatic rings. The van der Waals surface area contributed by atoms with Crippen LogP contribution < -0.4 is 15.8 Å². The average molecular weight is 325 g/mol. The zero-order valence-corrected chi connectivity index (χ0v) is 12.8. The maximum Gasteiger partial charge on any atom is 0.265 e. The standard InChI is InChI=1S/C15H14Cl2N2O2/c1-9(21-12-7-10(16)6-11(17)8-12)15(20)19-14-5-3-2-4-13(14)18/h2-9H,18H2,1H3,(H,19,20). The van der Waals surface area contributed by atoms with Crippen molar-refractivity contribution in [3.05, 3.63) is 52.5 Å². The molecule has 0 spiro atoms. The predicted octanol–water partition coefficient (Wildman–Crippen LogP) is 3.98. The van der Waals surface area contributed by atoms with Crippen LogP contribution in [-0.2, 0) is 4.79 Å². The Morgan fingerprint density at radius 1 is 1.19 bits per heavy atom. The van der Waals surface area contributed by atoms with E-state index in [-0.39, 0.29) is 5.91 Å². The van der Waals surface area contributed by atoms with Crippen LogP contribution >= 0.6 is 23.2 Å². The average Bonchev–Trinajstić information content (AvgIpc) is 2.40. The van der Waals surface area contributed by atoms with Crippen LogP contribution in [0.3, 0.4) is 0 Å². The van der Waals surface area contributed by atoms with E-state index in [1.165, 1.54) is 0 Å². The van der Waals surface area contributed by atoms with Gasteiger partial charge in [0.1, 0.15) is 5.75 Å². The number of nitrogens with one attached hydrogen (secondary N) is 1. The molecular formula is C15H14Cl2N2O2. The lowest BCUT2D eigenvalue weighted by Gasteiger charge is -2.16. The summed E-state index contributed by atoms with van der Waals surface area (Å²) in [6.07, 6.45) is -0.723. The molecule has 1 amide bonds. The fourth-order valence-corrected chi connectivity index (χ4v) is 2.21. The highest BCUT2D eigenvalue weighted by Gasteiger charge is 2.16. The smallest absolute Gasteiger partial charge is 0.265 e. The number of rotatable bonds is 4. The van der Waals surface area contributed by atoms with Gasteiger partial charge in [-0.3, -0.25) is 4.79 Å². The molecule has 0 heterocycles. The van der Waals surface area contributed by atoms with Crippen LogP contribution in [0, 0.1) is 0 Å². The number of hydrogen-bond acceptors (Lipinski definition) is 3. The minimum absolute atomic E-state index is 0.316. The van der Waals surface area contributed by atoms with E-state index in [1.807, 2.05) is 0 Å². The van der Waals surface area contributed by atoms with Gasteiger partial charge in [-0.15, -0.1) is 0 Å². The molecule has 1 unspecified atom stereocenters. The van der Waals surface area contributed by atoms with Crippen molar-refractivity contribution in [1.29, 1.82) is 0 Å². The zero-order chi connectivity index (χ0) is 15.4. The molecule has 0 fully saturated rings. The minimum atomic E-state index is -0.723. The number of nitrogens with two attached hydrogens (primary N) is 1. The molecule has 0 aromatic heterocycles. The van der Waals surface area contributed by atoms with Crippen molar-refractivity contribution in [2.75, 3.05) is 11.1 Å². The van der Waals surface area contributed by atoms with Gasteiger partial charge in [0.2, 0.25) is 0 Å². The molecule has 0 radical (unpaired) electrons. The highest BCUT2D eigenvalue weighted by atomic mass is 35.5. The Kier molecular flexibility index (Phi) is 4.94. The molecule has 6 heteroatoms. The van der Waals surface area contributed by atoms with Gasteiger partial charge in [-0.05, 0) is 37.3 Å². The van der Waals surface area contributed by atoms with Crippen LogP contribution in [-0.4, -0.2) is 12.0 Å². The summed E-state index contributed by atoms with van der Waals surface area (Å²) >= 11 is 11.8. The van der Waals surface area contributed by atoms with Gasteiger partial charge in [0.25, 0.3) is 5.91 Å². The second-order valence-corrected chi connectivity index (χ2v) is 5.31. The first-order valence-electron chi connectivity index (χ1n) is 6.24. The number of hydrogen-bond donors (Lipinski definition) is 2. The summed E-state index contributed by atoms with van der Waals surface area (Å²) in [4.78, 5) is 12.1. The van der Waals surface area contributed by atoms with Crippen LogP contribution in [0.4, 0.5) is 11.4 Å². The summed E-state index contributed by atoms with van der Waals surface area (Å²) in [6, 6.07) is 11.8. The van der Waals surface area contributed by atoms with Gasteiger partial charge in [0.15, 0.2) is 6.10 Å². The molecule has 0 saturated heterocycles. The van der Waals surface area contributed by atoms with E-state index in [0.29, 0.717) is 27.2 Å². The van der Waals surface area contributed by atoms with E-state index >= 15 is 0 Å². The van der Waals surface area contributed by atoms with E-state index in [0.717, 1.165) is 0 Å². The molecule has 2 rings (SSSR count). The lowest BCUT2D eigenvalue weighted by atomic mass is 10.2. The highest BCUT2D eigenvalue weighted by molar-refractivity contribution is 6.34. The molecule has 1 atom stereocenters. The van der Waals surface area contributed by atoms with Crippen molar-refractivity contribution < 1.29 is 9.53 Å². The van der Waals surface area contributed by atoms with Crippen molar-refractivity contribution >= 4 is 40.5 Å². The van der Waals surface area contributed by atoms with E-state index in [2.05, 4.69) is 5.32 Å².